The summed E-state index contributed by atoms with van der Waals surface area (Å²) >= 11 is 98.4. The third-order valence-electron chi connectivity index (χ3n) is 9.02. The summed E-state index contributed by atoms with van der Waals surface area (Å²) in [6.07, 6.45) is 5.54. The molecule has 6 rings (SSSR count). The number of carbonyl (C=O) groups is 4. The Morgan fingerprint density at radius 3 is 1.07 bits per heavy atom. The number of fused-ring (bicyclic) bond motifs is 3. The zero-order valence-electron chi connectivity index (χ0n) is 49.8. The third-order valence-corrected chi connectivity index (χ3v) is 3240. The molecule has 106 heavy (non-hydrogen) atoms. The number of rotatable bonds is 31. The van der Waals surface area contributed by atoms with Crippen molar-refractivity contribution in [2.75, 3.05) is 41.2 Å². The van der Waals surface area contributed by atoms with Gasteiger partial charge in [-0.05, 0) is 71.2 Å². The van der Waals surface area contributed by atoms with Gasteiger partial charge in [-0.3, -0.25) is 4.79 Å². The number of nitrogens with zero attached hydrogens (tertiary/aromatic N) is 3. The predicted molar refractivity (Wildman–Crippen MR) is 926 cm³/mol. The van der Waals surface area contributed by atoms with E-state index in [1.165, 1.54) is 41.1 Å². The third kappa shape index (κ3) is 49.9. The fourth-order valence-corrected chi connectivity index (χ4v) is 6930. The second-order valence-corrected chi connectivity index (χ2v) is 1110. The Kier molecular flexibility index (Phi) is 103. The molecule has 0 spiro atoms. The zero-order valence-corrected chi connectivity index (χ0v) is 167. The van der Waals surface area contributed by atoms with E-state index < -0.39 is 45.4 Å². The summed E-state index contributed by atoms with van der Waals surface area (Å²) < 4.78 is 34.9. The maximum absolute atomic E-state index is 12.0. The SMILES string of the molecule is CCOC(=O)c1sc2c(Br)cnc(OC)c2c1C=O.CCOC(=O)c1sc2c(Br)cnc(OC)c2c1CBr.CCOC(=O)c1sc2ccnc(OC)c2c1C.II(I)I(I)I(I)I(I)I(I)I(I)I(I)I.II(I)I(I)I(I)I(I)I(I)I(I)I(I)I(I)I.I[I-]I(I)I(I)I(I)I(I)I(I)I(I)I(I)I. The Hall–Kier alpha value is 33.5. The molecule has 0 aliphatic rings. The van der Waals surface area contributed by atoms with Crippen LogP contribution in [-0.2, 0) is 19.5 Å². The van der Waals surface area contributed by atoms with Crippen molar-refractivity contribution in [1.29, 1.82) is 0 Å². The standard InChI is InChI=1S/C12H11Br2NO3S.C12H10BrNO4S.C12H13NO3S.I18.I17.I16/c1-3-18-12(16)9-6(4-13)8-10(19-9)7(14)5-15-11(8)17-2;1-3-18-12(16)9-6(5-15)8-10(19-9)7(13)4-14-11(8)17-2;1-4-16-12(14)10-7(2)9-8(17-10)5-6-13-11(9)15-3;1-11(2)13(5)15(7)17(9)18(10)16(8)14(6)12(3)4;1-10-12(4)14(6)16(8)17(9)15(7)13(5)11(2)3;1-10(2)12(5)14(7)16(9)15(8)13(6)11(3)4/h5H,3-4H2,1-2H3;4-5H,3H2,1-2H3;5-6H,4H2,1-3H3;;;/q;;;;-1;. The number of hydrogen-bond acceptors (Lipinski definition) is 16. The topological polar surface area (TPSA) is 162 Å². The Morgan fingerprint density at radius 2 is 0.745 bits per heavy atom. The Labute approximate surface area is 1020 Å². The van der Waals surface area contributed by atoms with Crippen LogP contribution in [0.25, 0.3) is 30.3 Å². The molecule has 13 nitrogen and oxygen atoms in total. The van der Waals surface area contributed by atoms with Gasteiger partial charge in [-0.2, -0.15) is 0 Å². The molecule has 6 aromatic rings. The Balaban J connectivity index is 0.000000637. The number of aryl methyl sites for hydroxylation is 1. The van der Waals surface area contributed by atoms with Crippen molar-refractivity contribution in [3.05, 3.63) is 64.9 Å². The molecule has 0 fully saturated rings. The first kappa shape index (κ1) is 137. The quantitative estimate of drug-likeness (QED) is 0.0133. The molecule has 0 aromatic carbocycles. The van der Waals surface area contributed by atoms with Gasteiger partial charge < -0.3 is 28.4 Å². The van der Waals surface area contributed by atoms with Gasteiger partial charge in [0.2, 0.25) is 17.6 Å². The van der Waals surface area contributed by atoms with Crippen molar-refractivity contribution in [3.63, 3.8) is 0 Å². The average Bonchev–Trinajstić information content (AvgIpc) is 1.64. The van der Waals surface area contributed by atoms with Gasteiger partial charge in [0.15, 0.2) is 6.29 Å². The van der Waals surface area contributed by atoms with Gasteiger partial charge >= 0.3 is 726 Å². The molecule has 0 N–H and O–H groups in total. The summed E-state index contributed by atoms with van der Waals surface area (Å²) in [5.41, 5.74) is 1.97. The van der Waals surface area contributed by atoms with E-state index in [4.69, 9.17) is 28.4 Å². The molecule has 650 valence electrons. The summed E-state index contributed by atoms with van der Waals surface area (Å²) in [4.78, 5) is 60.8. The van der Waals surface area contributed by atoms with Crippen LogP contribution in [0.4, 0.5) is 0 Å². The van der Waals surface area contributed by atoms with E-state index in [0.29, 0.717) is 75.3 Å². The van der Waals surface area contributed by atoms with Crippen molar-refractivity contribution in [2.45, 2.75) is 33.0 Å². The van der Waals surface area contributed by atoms with Crippen LogP contribution >= 0.6 is 777 Å². The fourth-order valence-electron chi connectivity index (χ4n) is 5.63. The van der Waals surface area contributed by atoms with Crippen LogP contribution in [0.15, 0.2) is 33.6 Å². The predicted octanol–water partition coefficient (Wildman–Crippen LogP) is 51.3. The molecule has 0 atom stereocenters. The van der Waals surface area contributed by atoms with Crippen molar-refractivity contribution in [3.8, 4) is 17.6 Å². The molecular formula is C36H34Br3I51N3O10S3-. The number of thiophene rings is 3. The number of carbonyl (C=O) groups excluding carboxylic acids is 4. The fraction of sp³-hybridized carbons (Fsp3) is 0.306. The van der Waals surface area contributed by atoms with Crippen molar-refractivity contribution in [2.24, 2.45) is 0 Å². The first-order chi connectivity index (χ1) is 49.5. The van der Waals surface area contributed by atoms with Crippen molar-refractivity contribution in [1.82, 2.24) is 15.0 Å². The van der Waals surface area contributed by atoms with Gasteiger partial charge in [-0.15, -0.1) is 34.0 Å². The van der Waals surface area contributed by atoms with Crippen LogP contribution in [0, 0.1) is 6.92 Å². The molecule has 0 amide bonds. The second kappa shape index (κ2) is 79.5. The molecule has 0 bridgehead atoms. The van der Waals surface area contributed by atoms with Crippen LogP contribution < -0.4 is 27.5 Å². The number of pyridine rings is 3. The number of halogens is 54. The molecule has 0 aliphatic heterocycles. The van der Waals surface area contributed by atoms with Gasteiger partial charge in [-0.25, -0.2) is 29.3 Å². The van der Waals surface area contributed by atoms with E-state index >= 15 is 0 Å². The van der Waals surface area contributed by atoms with E-state index in [2.05, 4.69) is 584 Å². The molecule has 0 saturated carbocycles. The van der Waals surface area contributed by atoms with Crippen LogP contribution in [-0.4, -0.2) is 80.3 Å². The average molecular weight is 7480 g/mol. The minimum absolute atomic E-state index is 0.252. The van der Waals surface area contributed by atoms with Crippen molar-refractivity contribution < 1.29 is 60.9 Å². The molecule has 6 aromatic heterocycles. The number of esters is 3. The van der Waals surface area contributed by atoms with E-state index in [1.54, 1.807) is 53.6 Å². The molecule has 0 unspecified atom stereocenters. The molecular weight excluding hydrogens is 7440 g/mol. The van der Waals surface area contributed by atoms with Crippen LogP contribution in [0.2, 0.25) is 0 Å². The molecule has 0 saturated heterocycles. The van der Waals surface area contributed by atoms with Gasteiger partial charge in [0.05, 0.1) is 81.2 Å². The Bertz CT molecular complexity index is 3630. The molecule has 0 radical (unpaired) electrons. The normalized spacial score (nSPS) is 13.9. The van der Waals surface area contributed by atoms with Crippen LogP contribution in [0.1, 0.15) is 71.3 Å². The first-order valence-corrected chi connectivity index (χ1v) is 330. The van der Waals surface area contributed by atoms with Gasteiger partial charge in [0.1, 0.15) is 14.6 Å². The number of alkyl halides is 1. The summed E-state index contributed by atoms with van der Waals surface area (Å²) in [5.74, 6) is 0.262. The van der Waals surface area contributed by atoms with E-state index in [-0.39, 0.29) is 163 Å². The summed E-state index contributed by atoms with van der Waals surface area (Å²) in [5, 5.41) is 2.81. The number of aromatic nitrogens is 3. The monoisotopic (exact) mass is 7470 g/mol. The summed E-state index contributed by atoms with van der Waals surface area (Å²) in [6, 6.07) is 1.87. The van der Waals surface area contributed by atoms with Crippen LogP contribution in [0.5, 0.6) is 17.6 Å². The summed E-state index contributed by atoms with van der Waals surface area (Å²) in [6.45, 7) is 8.16. The summed E-state index contributed by atoms with van der Waals surface area (Å²) in [7, 11) is -3.65. The van der Waals surface area contributed by atoms with Gasteiger partial charge in [0, 0.05) is 34.2 Å². The van der Waals surface area contributed by atoms with Crippen LogP contribution in [0.3, 0.4) is 0 Å². The number of hydrogen-bond donors (Lipinski definition) is 0. The second-order valence-electron chi connectivity index (χ2n) is 14.2. The minimum atomic E-state index is -0.514. The van der Waals surface area contributed by atoms with Gasteiger partial charge in [0.25, 0.3) is 0 Å². The van der Waals surface area contributed by atoms with Crippen molar-refractivity contribution >= 4 is 831 Å². The molecule has 6 heterocycles. The molecule has 0 aliphatic carbocycles. The van der Waals surface area contributed by atoms with E-state index in [1.807, 2.05) is 13.0 Å². The Morgan fingerprint density at radius 1 is 0.443 bits per heavy atom. The first-order valence-electron chi connectivity index (χ1n) is 23.0. The number of ether oxygens (including phenoxy) is 6. The number of methoxy groups -OCH3 is 3. The number of aldehydes is 1. The van der Waals surface area contributed by atoms with E-state index in [0.717, 1.165) is 40.5 Å². The maximum atomic E-state index is 12.0. The molecule has 70 heteroatoms. The van der Waals surface area contributed by atoms with E-state index in [9.17, 15) is 19.2 Å². The van der Waals surface area contributed by atoms with Gasteiger partial charge in [-0.1, -0.05) is 15.9 Å². The zero-order chi connectivity index (χ0) is 81.8.